The Kier molecular flexibility index (Phi) is 4.11. The first-order valence-corrected chi connectivity index (χ1v) is 7.48. The summed E-state index contributed by atoms with van der Waals surface area (Å²) in [6.07, 6.45) is 0.00208. The van der Waals surface area contributed by atoms with E-state index in [4.69, 9.17) is 0 Å². The fourth-order valence-corrected chi connectivity index (χ4v) is 2.97. The number of nitrogens with one attached hydrogen (secondary N) is 1. The van der Waals surface area contributed by atoms with Crippen molar-refractivity contribution in [2.75, 3.05) is 0 Å². The highest BCUT2D eigenvalue weighted by Crippen LogP contribution is 2.21. The molecule has 3 aromatic rings. The smallest absolute Gasteiger partial charge is 0.224 e. The van der Waals surface area contributed by atoms with Crippen LogP contribution in [0.5, 0.6) is 0 Å². The Morgan fingerprint density at radius 3 is 2.73 bits per heavy atom. The number of benzene rings is 2. The van der Waals surface area contributed by atoms with E-state index in [1.165, 1.54) is 17.4 Å². The van der Waals surface area contributed by atoms with E-state index < -0.39 is 11.6 Å². The van der Waals surface area contributed by atoms with Crippen LogP contribution in [0.2, 0.25) is 0 Å². The highest BCUT2D eigenvalue weighted by atomic mass is 32.1. The molecule has 1 aromatic heterocycles. The van der Waals surface area contributed by atoms with E-state index in [0.717, 1.165) is 27.4 Å². The van der Waals surface area contributed by atoms with Crippen LogP contribution in [0.3, 0.4) is 0 Å². The molecule has 0 unspecified atom stereocenters. The lowest BCUT2D eigenvalue weighted by molar-refractivity contribution is -0.120. The molecule has 2 aromatic carbocycles. The molecule has 0 atom stereocenters. The number of amides is 1. The van der Waals surface area contributed by atoms with Crippen molar-refractivity contribution in [2.24, 2.45) is 0 Å². The van der Waals surface area contributed by atoms with E-state index in [1.54, 1.807) is 0 Å². The van der Waals surface area contributed by atoms with Crippen molar-refractivity contribution in [3.63, 3.8) is 0 Å². The fraction of sp³-hybridized carbons (Fsp3) is 0.125. The van der Waals surface area contributed by atoms with E-state index in [1.807, 2.05) is 24.3 Å². The fourth-order valence-electron chi connectivity index (χ4n) is 2.07. The minimum absolute atomic E-state index is 0.00208. The van der Waals surface area contributed by atoms with Crippen molar-refractivity contribution in [2.45, 2.75) is 13.0 Å². The van der Waals surface area contributed by atoms with E-state index in [-0.39, 0.29) is 12.3 Å². The molecule has 0 radical (unpaired) electrons. The van der Waals surface area contributed by atoms with Crippen LogP contribution in [0, 0.1) is 11.6 Å². The number of hydrogen-bond acceptors (Lipinski definition) is 3. The Hall–Kier alpha value is -2.34. The number of fused-ring (bicyclic) bond motifs is 1. The monoisotopic (exact) mass is 318 g/mol. The zero-order valence-electron chi connectivity index (χ0n) is 11.5. The van der Waals surface area contributed by atoms with Gasteiger partial charge in [-0.05, 0) is 29.8 Å². The maximum Gasteiger partial charge on any atom is 0.224 e. The first kappa shape index (κ1) is 14.6. The van der Waals surface area contributed by atoms with Gasteiger partial charge < -0.3 is 5.32 Å². The van der Waals surface area contributed by atoms with Crippen molar-refractivity contribution < 1.29 is 13.6 Å². The summed E-state index contributed by atoms with van der Waals surface area (Å²) in [5.74, 6) is -2.12. The zero-order valence-corrected chi connectivity index (χ0v) is 12.3. The van der Waals surface area contributed by atoms with E-state index in [9.17, 15) is 13.6 Å². The molecule has 6 heteroatoms. The molecule has 0 bridgehead atoms. The first-order chi connectivity index (χ1) is 10.6. The topological polar surface area (TPSA) is 42.0 Å². The van der Waals surface area contributed by atoms with Crippen LogP contribution in [0.15, 0.2) is 42.5 Å². The van der Waals surface area contributed by atoms with Crippen LogP contribution in [0.4, 0.5) is 8.78 Å². The average Bonchev–Trinajstić information content (AvgIpc) is 2.92. The number of carbonyl (C=O) groups excluding carboxylic acids is 1. The zero-order chi connectivity index (χ0) is 15.5. The summed E-state index contributed by atoms with van der Waals surface area (Å²) in [5.41, 5.74) is 1.33. The summed E-state index contributed by atoms with van der Waals surface area (Å²) in [5, 5.41) is 3.54. The van der Waals surface area contributed by atoms with Crippen LogP contribution in [0.1, 0.15) is 10.6 Å². The predicted octanol–water partition coefficient (Wildman–Crippen LogP) is 3.43. The molecule has 0 saturated heterocycles. The molecule has 1 amide bonds. The minimum atomic E-state index is -0.948. The highest BCUT2D eigenvalue weighted by Gasteiger charge is 2.09. The lowest BCUT2D eigenvalue weighted by Crippen LogP contribution is -2.24. The lowest BCUT2D eigenvalue weighted by atomic mass is 10.1. The third-order valence-electron chi connectivity index (χ3n) is 3.12. The first-order valence-electron chi connectivity index (χ1n) is 6.67. The molecule has 0 aliphatic heterocycles. The van der Waals surface area contributed by atoms with E-state index in [0.29, 0.717) is 12.1 Å². The standard InChI is InChI=1S/C16H12F2N2OS/c17-11-6-5-10(7-12(11)18)8-15(21)19-9-16-20-13-3-1-2-4-14(13)22-16/h1-7H,8-9H2,(H,19,21). The summed E-state index contributed by atoms with van der Waals surface area (Å²) >= 11 is 1.51. The van der Waals surface area contributed by atoms with Crippen LogP contribution in [0.25, 0.3) is 10.2 Å². The number of rotatable bonds is 4. The number of nitrogens with zero attached hydrogens (tertiary/aromatic N) is 1. The molecule has 0 aliphatic rings. The molecule has 112 valence electrons. The van der Waals surface area contributed by atoms with Crippen molar-refractivity contribution in [1.82, 2.24) is 10.3 Å². The molecule has 0 spiro atoms. The normalized spacial score (nSPS) is 10.8. The number of aromatic nitrogens is 1. The second-order valence-corrected chi connectivity index (χ2v) is 5.89. The van der Waals surface area contributed by atoms with Gasteiger partial charge >= 0.3 is 0 Å². The van der Waals surface area contributed by atoms with Crippen molar-refractivity contribution in [3.8, 4) is 0 Å². The van der Waals surface area contributed by atoms with Gasteiger partial charge in [-0.25, -0.2) is 13.8 Å². The summed E-state index contributed by atoms with van der Waals surface area (Å²) in [6.45, 7) is 0.321. The van der Waals surface area contributed by atoms with Gasteiger partial charge in [-0.3, -0.25) is 4.79 Å². The Morgan fingerprint density at radius 1 is 1.14 bits per heavy atom. The third kappa shape index (κ3) is 3.28. The quantitative estimate of drug-likeness (QED) is 0.801. The van der Waals surface area contributed by atoms with Crippen LogP contribution in [-0.2, 0) is 17.8 Å². The van der Waals surface area contributed by atoms with Gasteiger partial charge in [0, 0.05) is 0 Å². The van der Waals surface area contributed by atoms with Crippen molar-refractivity contribution in [1.29, 1.82) is 0 Å². The van der Waals surface area contributed by atoms with Gasteiger partial charge in [0.2, 0.25) is 5.91 Å². The van der Waals surface area contributed by atoms with Gasteiger partial charge in [0.15, 0.2) is 11.6 Å². The number of hydrogen-bond donors (Lipinski definition) is 1. The van der Waals surface area contributed by atoms with Crippen LogP contribution >= 0.6 is 11.3 Å². The SMILES string of the molecule is O=C(Cc1ccc(F)c(F)c1)NCc1nc2ccccc2s1. The Morgan fingerprint density at radius 2 is 1.95 bits per heavy atom. The number of para-hydroxylation sites is 1. The Labute approximate surface area is 129 Å². The highest BCUT2D eigenvalue weighted by molar-refractivity contribution is 7.18. The average molecular weight is 318 g/mol. The molecule has 22 heavy (non-hydrogen) atoms. The molecule has 0 fully saturated rings. The van der Waals surface area contributed by atoms with Gasteiger partial charge in [-0.2, -0.15) is 0 Å². The van der Waals surface area contributed by atoms with Gasteiger partial charge in [0.05, 0.1) is 23.2 Å². The maximum absolute atomic E-state index is 13.1. The molecule has 3 nitrogen and oxygen atoms in total. The largest absolute Gasteiger partial charge is 0.349 e. The molecular formula is C16H12F2N2OS. The van der Waals surface area contributed by atoms with Gasteiger partial charge in [0.1, 0.15) is 5.01 Å². The summed E-state index contributed by atoms with van der Waals surface area (Å²) < 4.78 is 27.0. The van der Waals surface area contributed by atoms with E-state index >= 15 is 0 Å². The van der Waals surface area contributed by atoms with Gasteiger partial charge in [-0.1, -0.05) is 18.2 Å². The summed E-state index contributed by atoms with van der Waals surface area (Å²) in [7, 11) is 0. The summed E-state index contributed by atoms with van der Waals surface area (Å²) in [6, 6.07) is 11.2. The summed E-state index contributed by atoms with van der Waals surface area (Å²) in [4.78, 5) is 16.3. The number of carbonyl (C=O) groups is 1. The molecule has 1 heterocycles. The second-order valence-electron chi connectivity index (χ2n) is 4.78. The van der Waals surface area contributed by atoms with Crippen molar-refractivity contribution >= 4 is 27.5 Å². The Balaban J connectivity index is 1.60. The van der Waals surface area contributed by atoms with Gasteiger partial charge in [0.25, 0.3) is 0 Å². The number of thiazole rings is 1. The van der Waals surface area contributed by atoms with Crippen LogP contribution in [-0.4, -0.2) is 10.9 Å². The molecule has 3 rings (SSSR count). The third-order valence-corrected chi connectivity index (χ3v) is 4.16. The molecular weight excluding hydrogens is 306 g/mol. The van der Waals surface area contributed by atoms with Crippen LogP contribution < -0.4 is 5.32 Å². The predicted molar refractivity (Wildman–Crippen MR) is 81.5 cm³/mol. The molecule has 1 N–H and O–H groups in total. The van der Waals surface area contributed by atoms with E-state index in [2.05, 4.69) is 10.3 Å². The lowest BCUT2D eigenvalue weighted by Gasteiger charge is -2.04. The van der Waals surface area contributed by atoms with Gasteiger partial charge in [-0.15, -0.1) is 11.3 Å². The second kappa shape index (κ2) is 6.19. The number of halogens is 2. The Bertz CT molecular complexity index is 799. The molecule has 0 aliphatic carbocycles. The molecule has 0 saturated carbocycles. The minimum Gasteiger partial charge on any atom is -0.349 e. The van der Waals surface area contributed by atoms with Crippen molar-refractivity contribution in [3.05, 3.63) is 64.7 Å². The maximum atomic E-state index is 13.1.